The molecular formula is C21H25F4N5O2. The minimum Gasteiger partial charge on any atom is -0.431 e. The Morgan fingerprint density at radius 2 is 1.84 bits per heavy atom. The van der Waals surface area contributed by atoms with Crippen molar-refractivity contribution in [1.82, 2.24) is 19.7 Å². The van der Waals surface area contributed by atoms with Crippen LogP contribution in [-0.2, 0) is 11.3 Å². The molecular weight excluding hydrogens is 430 g/mol. The van der Waals surface area contributed by atoms with Gasteiger partial charge in [-0.25, -0.2) is 13.8 Å². The first-order valence-electron chi connectivity index (χ1n) is 10.8. The average Bonchev–Trinajstić information content (AvgIpc) is 3.09. The van der Waals surface area contributed by atoms with E-state index in [1.165, 1.54) is 16.9 Å². The number of nitrogen functional groups attached to an aromatic ring is 1. The lowest BCUT2D eigenvalue weighted by Crippen LogP contribution is -2.43. The molecule has 11 heteroatoms. The van der Waals surface area contributed by atoms with Crippen molar-refractivity contribution < 1.29 is 27.0 Å². The molecule has 0 spiro atoms. The fourth-order valence-electron chi connectivity index (χ4n) is 5.39. The van der Waals surface area contributed by atoms with Gasteiger partial charge in [0.25, 0.3) is 6.43 Å². The van der Waals surface area contributed by atoms with E-state index in [-0.39, 0.29) is 17.5 Å². The second-order valence-electron chi connectivity index (χ2n) is 8.64. The molecule has 0 aromatic carbocycles. The van der Waals surface area contributed by atoms with Crippen LogP contribution in [0.25, 0.3) is 11.3 Å². The van der Waals surface area contributed by atoms with Gasteiger partial charge in [0.1, 0.15) is 6.54 Å². The maximum Gasteiger partial charge on any atom is 0.387 e. The van der Waals surface area contributed by atoms with E-state index in [2.05, 4.69) is 19.7 Å². The van der Waals surface area contributed by atoms with Crippen molar-refractivity contribution in [1.29, 1.82) is 0 Å². The molecule has 0 amide bonds. The predicted molar refractivity (Wildman–Crippen MR) is 108 cm³/mol. The lowest BCUT2D eigenvalue weighted by atomic mass is 10.0. The molecule has 2 unspecified atom stereocenters. The summed E-state index contributed by atoms with van der Waals surface area (Å²) < 4.78 is 63.0. The van der Waals surface area contributed by atoms with Crippen molar-refractivity contribution in [2.24, 2.45) is 11.8 Å². The number of hydrogen-bond donors (Lipinski definition) is 1. The average molecular weight is 455 g/mol. The Bertz CT molecular complexity index is 954. The molecule has 3 fully saturated rings. The van der Waals surface area contributed by atoms with Crippen LogP contribution < -0.4 is 10.5 Å². The molecule has 5 rings (SSSR count). The summed E-state index contributed by atoms with van der Waals surface area (Å²) in [5, 5.41) is 4.35. The second kappa shape index (κ2) is 8.51. The lowest BCUT2D eigenvalue weighted by Gasteiger charge is -2.33. The quantitative estimate of drug-likeness (QED) is 0.646. The van der Waals surface area contributed by atoms with E-state index in [0.29, 0.717) is 29.1 Å². The fraction of sp³-hybridized carbons (Fsp3) is 0.619. The van der Waals surface area contributed by atoms with Crippen molar-refractivity contribution in [3.05, 3.63) is 24.0 Å². The maximum atomic E-state index is 13.2. The highest BCUT2D eigenvalue weighted by Gasteiger charge is 2.58. The number of hydrogen-bond acceptors (Lipinski definition) is 6. The highest BCUT2D eigenvalue weighted by Crippen LogP contribution is 2.64. The molecule has 2 aliphatic carbocycles. The lowest BCUT2D eigenvalue weighted by molar-refractivity contribution is -0.0494. The number of anilines is 1. The van der Waals surface area contributed by atoms with Gasteiger partial charge in [0, 0.05) is 42.5 Å². The van der Waals surface area contributed by atoms with Crippen LogP contribution in [0.1, 0.15) is 24.5 Å². The monoisotopic (exact) mass is 455 g/mol. The summed E-state index contributed by atoms with van der Waals surface area (Å²) in [5.74, 6) is 0.647. The van der Waals surface area contributed by atoms with Gasteiger partial charge in [-0.15, -0.1) is 0 Å². The molecule has 2 saturated carbocycles. The highest BCUT2D eigenvalue weighted by molar-refractivity contribution is 5.64. The van der Waals surface area contributed by atoms with Crippen LogP contribution in [0.3, 0.4) is 0 Å². The smallest absolute Gasteiger partial charge is 0.387 e. The van der Waals surface area contributed by atoms with Gasteiger partial charge in [-0.2, -0.15) is 13.9 Å². The zero-order valence-electron chi connectivity index (χ0n) is 17.3. The summed E-state index contributed by atoms with van der Waals surface area (Å²) in [5.41, 5.74) is 7.15. The first-order valence-corrected chi connectivity index (χ1v) is 10.8. The highest BCUT2D eigenvalue weighted by atomic mass is 19.3. The van der Waals surface area contributed by atoms with Gasteiger partial charge in [0.05, 0.1) is 18.9 Å². The number of aromatic nitrogens is 3. The summed E-state index contributed by atoms with van der Waals surface area (Å²) in [6, 6.07) is 3.61. The van der Waals surface area contributed by atoms with Crippen LogP contribution in [0.4, 0.5) is 23.4 Å². The standard InChI is InChI=1S/C21H25F4N5O2/c22-18(23)10-30-16(19-13-6-12(7-14(13)19)29-1-3-31-4-2-29)8-15(28-30)11-5-17(32-21(24)25)20(26)27-9-11/h5,8-9,12-14,18-19,21H,1-4,6-7,10H2,(H2,26,27)/t12?,13-,14+,19?. The van der Waals surface area contributed by atoms with Gasteiger partial charge >= 0.3 is 6.61 Å². The van der Waals surface area contributed by atoms with Gasteiger partial charge in [-0.3, -0.25) is 9.58 Å². The van der Waals surface area contributed by atoms with E-state index in [0.717, 1.165) is 44.8 Å². The molecule has 2 aromatic rings. The number of pyridine rings is 1. The Hall–Kier alpha value is -2.40. The third kappa shape index (κ3) is 4.15. The largest absolute Gasteiger partial charge is 0.431 e. The van der Waals surface area contributed by atoms with Gasteiger partial charge in [-0.1, -0.05) is 0 Å². The van der Waals surface area contributed by atoms with Crippen LogP contribution in [0.2, 0.25) is 0 Å². The van der Waals surface area contributed by atoms with Crippen molar-refractivity contribution in [3.8, 4) is 17.0 Å². The molecule has 1 saturated heterocycles. The number of nitrogens with two attached hydrogens (primary N) is 1. The maximum absolute atomic E-state index is 13.2. The van der Waals surface area contributed by atoms with E-state index in [1.54, 1.807) is 6.07 Å². The molecule has 3 heterocycles. The van der Waals surface area contributed by atoms with E-state index in [4.69, 9.17) is 10.5 Å². The first kappa shape index (κ1) is 21.4. The zero-order chi connectivity index (χ0) is 22.4. The molecule has 2 N–H and O–H groups in total. The van der Waals surface area contributed by atoms with Gasteiger partial charge in [-0.05, 0) is 36.8 Å². The van der Waals surface area contributed by atoms with Gasteiger partial charge in [0.2, 0.25) is 0 Å². The number of rotatable bonds is 7. The van der Waals surface area contributed by atoms with Crippen molar-refractivity contribution in [2.45, 2.75) is 44.4 Å². The minimum absolute atomic E-state index is 0.174. The number of nitrogens with zero attached hydrogens (tertiary/aromatic N) is 4. The SMILES string of the molecule is Nc1ncc(-c2cc(C3[C@H]4CC(N5CCOCC5)C[C@@H]34)n(CC(F)F)n2)cc1OC(F)F. The summed E-state index contributed by atoms with van der Waals surface area (Å²) in [6.07, 6.45) is 0.915. The van der Waals surface area contributed by atoms with Crippen LogP contribution in [-0.4, -0.2) is 65.0 Å². The second-order valence-corrected chi connectivity index (χ2v) is 8.64. The number of alkyl halides is 4. The molecule has 7 nitrogen and oxygen atoms in total. The third-order valence-corrected chi connectivity index (χ3v) is 6.84. The Balaban J connectivity index is 1.36. The number of halogens is 4. The Morgan fingerprint density at radius 3 is 2.50 bits per heavy atom. The Kier molecular flexibility index (Phi) is 5.70. The molecule has 2 aromatic heterocycles. The van der Waals surface area contributed by atoms with Gasteiger partial charge < -0.3 is 15.2 Å². The molecule has 0 bridgehead atoms. The normalized spacial score (nSPS) is 27.8. The predicted octanol–water partition coefficient (Wildman–Crippen LogP) is 3.22. The van der Waals surface area contributed by atoms with Crippen molar-refractivity contribution in [2.75, 3.05) is 32.0 Å². The minimum atomic E-state index is -3.05. The number of fused-ring (bicyclic) bond motifs is 1. The summed E-state index contributed by atoms with van der Waals surface area (Å²) >= 11 is 0. The first-order chi connectivity index (χ1) is 15.4. The van der Waals surface area contributed by atoms with E-state index in [1.807, 2.05) is 0 Å². The van der Waals surface area contributed by atoms with Crippen LogP contribution in [0, 0.1) is 11.8 Å². The van der Waals surface area contributed by atoms with Crippen LogP contribution in [0.15, 0.2) is 18.3 Å². The topological polar surface area (TPSA) is 78.4 Å². The zero-order valence-corrected chi connectivity index (χ0v) is 17.3. The summed E-state index contributed by atoms with van der Waals surface area (Å²) in [4.78, 5) is 6.37. The number of ether oxygens (including phenoxy) is 2. The fourth-order valence-corrected chi connectivity index (χ4v) is 5.39. The van der Waals surface area contributed by atoms with Crippen LogP contribution >= 0.6 is 0 Å². The molecule has 32 heavy (non-hydrogen) atoms. The molecule has 0 radical (unpaired) electrons. The van der Waals surface area contributed by atoms with Crippen molar-refractivity contribution in [3.63, 3.8) is 0 Å². The molecule has 1 aliphatic heterocycles. The summed E-state index contributed by atoms with van der Waals surface area (Å²) in [6.45, 7) is -0.169. The molecule has 174 valence electrons. The van der Waals surface area contributed by atoms with E-state index in [9.17, 15) is 17.6 Å². The van der Waals surface area contributed by atoms with E-state index < -0.39 is 19.6 Å². The third-order valence-electron chi connectivity index (χ3n) is 6.84. The molecule has 3 aliphatic rings. The van der Waals surface area contributed by atoms with Crippen molar-refractivity contribution >= 4 is 5.82 Å². The summed E-state index contributed by atoms with van der Waals surface area (Å²) in [7, 11) is 0. The molecule has 4 atom stereocenters. The number of morpholine rings is 1. The Morgan fingerprint density at radius 1 is 1.12 bits per heavy atom. The Labute approximate surface area is 182 Å². The van der Waals surface area contributed by atoms with Crippen LogP contribution in [0.5, 0.6) is 5.75 Å². The van der Waals surface area contributed by atoms with Gasteiger partial charge in [0.15, 0.2) is 11.6 Å². The van der Waals surface area contributed by atoms with E-state index >= 15 is 0 Å².